The van der Waals surface area contributed by atoms with E-state index in [1.807, 2.05) is 13.0 Å². The predicted octanol–water partition coefficient (Wildman–Crippen LogP) is 1.64. The molecule has 0 unspecified atom stereocenters. The summed E-state index contributed by atoms with van der Waals surface area (Å²) in [4.78, 5) is 3.98. The summed E-state index contributed by atoms with van der Waals surface area (Å²) in [7, 11) is 0. The van der Waals surface area contributed by atoms with Gasteiger partial charge in [-0.3, -0.25) is 4.98 Å². The molecule has 0 saturated heterocycles. The van der Waals surface area contributed by atoms with Crippen molar-refractivity contribution in [2.75, 3.05) is 0 Å². The highest BCUT2D eigenvalue weighted by Crippen LogP contribution is 2.16. The number of aromatic nitrogens is 1. The third-order valence-electron chi connectivity index (χ3n) is 1.39. The molecule has 0 radical (unpaired) electrons. The monoisotopic (exact) mass is 201 g/mol. The molecule has 1 rings (SSSR count). The molecule has 1 N–H and O–H groups in total. The number of aliphatic hydroxyl groups excluding tert-OH is 1. The van der Waals surface area contributed by atoms with Crippen molar-refractivity contribution in [1.29, 1.82) is 0 Å². The van der Waals surface area contributed by atoms with Gasteiger partial charge >= 0.3 is 0 Å². The highest BCUT2D eigenvalue weighted by atomic mass is 79.9. The Hall–Kier alpha value is -0.410. The lowest BCUT2D eigenvalue weighted by atomic mass is 10.2. The second-order valence-corrected chi connectivity index (χ2v) is 2.88. The Bertz CT molecular complexity index is 237. The van der Waals surface area contributed by atoms with Crippen molar-refractivity contribution in [3.05, 3.63) is 28.0 Å². The molecule has 0 aromatic carbocycles. The van der Waals surface area contributed by atoms with Crippen LogP contribution in [-0.4, -0.2) is 10.1 Å². The third kappa shape index (κ3) is 1.36. The standard InChI is InChI=1S/C7H8BrNO/c1-5-6(8)2-3-9-7(5)4-10/h2-3,10H,4H2,1H3. The minimum Gasteiger partial charge on any atom is -0.390 e. The molecular weight excluding hydrogens is 194 g/mol. The second kappa shape index (κ2) is 3.12. The molecule has 0 aliphatic carbocycles. The molecule has 1 heterocycles. The predicted molar refractivity (Wildman–Crippen MR) is 42.6 cm³/mol. The topological polar surface area (TPSA) is 33.1 Å². The van der Waals surface area contributed by atoms with Gasteiger partial charge in [0.1, 0.15) is 0 Å². The molecule has 0 aliphatic heterocycles. The Morgan fingerprint density at radius 3 is 2.90 bits per heavy atom. The van der Waals surface area contributed by atoms with E-state index in [0.717, 1.165) is 15.7 Å². The third-order valence-corrected chi connectivity index (χ3v) is 2.25. The van der Waals surface area contributed by atoms with Crippen LogP contribution in [0.2, 0.25) is 0 Å². The van der Waals surface area contributed by atoms with Crippen LogP contribution in [0, 0.1) is 6.92 Å². The molecule has 0 amide bonds. The Morgan fingerprint density at radius 2 is 2.40 bits per heavy atom. The van der Waals surface area contributed by atoms with E-state index >= 15 is 0 Å². The van der Waals surface area contributed by atoms with E-state index in [-0.39, 0.29) is 6.61 Å². The van der Waals surface area contributed by atoms with E-state index in [1.54, 1.807) is 6.20 Å². The summed E-state index contributed by atoms with van der Waals surface area (Å²) in [6, 6.07) is 1.86. The first kappa shape index (κ1) is 7.69. The van der Waals surface area contributed by atoms with Crippen LogP contribution in [0.5, 0.6) is 0 Å². The number of nitrogens with zero attached hydrogens (tertiary/aromatic N) is 1. The first-order chi connectivity index (χ1) is 4.75. The molecule has 0 aliphatic rings. The van der Waals surface area contributed by atoms with Gasteiger partial charge in [-0.2, -0.15) is 0 Å². The summed E-state index contributed by atoms with van der Waals surface area (Å²) >= 11 is 3.34. The van der Waals surface area contributed by atoms with Crippen LogP contribution in [-0.2, 0) is 6.61 Å². The lowest BCUT2D eigenvalue weighted by Crippen LogP contribution is -1.92. The van der Waals surface area contributed by atoms with Crippen molar-refractivity contribution in [2.45, 2.75) is 13.5 Å². The number of pyridine rings is 1. The van der Waals surface area contributed by atoms with Gasteiger partial charge in [0.05, 0.1) is 12.3 Å². The van der Waals surface area contributed by atoms with E-state index < -0.39 is 0 Å². The zero-order valence-electron chi connectivity index (χ0n) is 5.63. The molecule has 3 heteroatoms. The Balaban J connectivity index is 3.14. The quantitative estimate of drug-likeness (QED) is 0.750. The Kier molecular flexibility index (Phi) is 2.40. The van der Waals surface area contributed by atoms with Gasteiger partial charge in [0.25, 0.3) is 0 Å². The van der Waals surface area contributed by atoms with Gasteiger partial charge in [-0.25, -0.2) is 0 Å². The van der Waals surface area contributed by atoms with Crippen molar-refractivity contribution in [3.8, 4) is 0 Å². The van der Waals surface area contributed by atoms with Crippen LogP contribution < -0.4 is 0 Å². The van der Waals surface area contributed by atoms with Gasteiger partial charge in [0, 0.05) is 10.7 Å². The molecule has 1 aromatic heterocycles. The maximum Gasteiger partial charge on any atom is 0.0856 e. The smallest absolute Gasteiger partial charge is 0.0856 e. The van der Waals surface area contributed by atoms with E-state index in [2.05, 4.69) is 20.9 Å². The van der Waals surface area contributed by atoms with Gasteiger partial charge in [0.15, 0.2) is 0 Å². The molecule has 0 spiro atoms. The molecule has 0 fully saturated rings. The zero-order chi connectivity index (χ0) is 7.56. The lowest BCUT2D eigenvalue weighted by Gasteiger charge is -2.01. The van der Waals surface area contributed by atoms with Crippen LogP contribution in [0.15, 0.2) is 16.7 Å². The lowest BCUT2D eigenvalue weighted by molar-refractivity contribution is 0.276. The fraction of sp³-hybridized carbons (Fsp3) is 0.286. The van der Waals surface area contributed by atoms with Gasteiger partial charge < -0.3 is 5.11 Å². The molecule has 0 atom stereocenters. The Labute approximate surface area is 68.0 Å². The normalized spacial score (nSPS) is 9.90. The summed E-state index contributed by atoms with van der Waals surface area (Å²) in [6.07, 6.45) is 1.67. The summed E-state index contributed by atoms with van der Waals surface area (Å²) in [5.41, 5.74) is 1.74. The van der Waals surface area contributed by atoms with Crippen LogP contribution in [0.25, 0.3) is 0 Å². The summed E-state index contributed by atoms with van der Waals surface area (Å²) in [5.74, 6) is 0. The number of rotatable bonds is 1. The van der Waals surface area contributed by atoms with E-state index in [0.29, 0.717) is 0 Å². The highest BCUT2D eigenvalue weighted by molar-refractivity contribution is 9.10. The van der Waals surface area contributed by atoms with Gasteiger partial charge in [-0.05, 0) is 18.6 Å². The minimum atomic E-state index is 0.00523. The van der Waals surface area contributed by atoms with Crippen molar-refractivity contribution in [1.82, 2.24) is 4.98 Å². The van der Waals surface area contributed by atoms with E-state index in [9.17, 15) is 0 Å². The minimum absolute atomic E-state index is 0.00523. The molecule has 10 heavy (non-hydrogen) atoms. The van der Waals surface area contributed by atoms with Crippen molar-refractivity contribution in [3.63, 3.8) is 0 Å². The first-order valence-corrected chi connectivity index (χ1v) is 3.76. The number of hydrogen-bond acceptors (Lipinski definition) is 2. The van der Waals surface area contributed by atoms with Gasteiger partial charge in [-0.15, -0.1) is 0 Å². The summed E-state index contributed by atoms with van der Waals surface area (Å²) < 4.78 is 0.992. The van der Waals surface area contributed by atoms with Crippen molar-refractivity contribution < 1.29 is 5.11 Å². The van der Waals surface area contributed by atoms with Crippen LogP contribution in [0.3, 0.4) is 0 Å². The number of halogens is 1. The average Bonchev–Trinajstić information content (AvgIpc) is 1.95. The maximum absolute atomic E-state index is 8.76. The van der Waals surface area contributed by atoms with Crippen LogP contribution in [0.1, 0.15) is 11.3 Å². The van der Waals surface area contributed by atoms with E-state index in [1.165, 1.54) is 0 Å². The molecule has 54 valence electrons. The highest BCUT2D eigenvalue weighted by Gasteiger charge is 1.99. The number of hydrogen-bond donors (Lipinski definition) is 1. The van der Waals surface area contributed by atoms with Crippen LogP contribution >= 0.6 is 15.9 Å². The molecule has 2 nitrogen and oxygen atoms in total. The summed E-state index contributed by atoms with van der Waals surface area (Å²) in [5, 5.41) is 8.76. The molecular formula is C7H8BrNO. The average molecular weight is 202 g/mol. The summed E-state index contributed by atoms with van der Waals surface area (Å²) in [6.45, 7) is 1.92. The maximum atomic E-state index is 8.76. The van der Waals surface area contributed by atoms with Crippen molar-refractivity contribution in [2.24, 2.45) is 0 Å². The van der Waals surface area contributed by atoms with Crippen LogP contribution in [0.4, 0.5) is 0 Å². The second-order valence-electron chi connectivity index (χ2n) is 2.02. The van der Waals surface area contributed by atoms with E-state index in [4.69, 9.17) is 5.11 Å². The first-order valence-electron chi connectivity index (χ1n) is 2.96. The fourth-order valence-electron chi connectivity index (χ4n) is 0.712. The largest absolute Gasteiger partial charge is 0.390 e. The van der Waals surface area contributed by atoms with Gasteiger partial charge in [0.2, 0.25) is 0 Å². The van der Waals surface area contributed by atoms with Crippen molar-refractivity contribution >= 4 is 15.9 Å². The number of aliphatic hydroxyl groups is 1. The Morgan fingerprint density at radius 1 is 1.70 bits per heavy atom. The molecule has 1 aromatic rings. The zero-order valence-corrected chi connectivity index (χ0v) is 7.22. The SMILES string of the molecule is Cc1c(Br)ccnc1CO. The molecule has 0 bridgehead atoms. The van der Waals surface area contributed by atoms with Gasteiger partial charge in [-0.1, -0.05) is 15.9 Å². The molecule has 0 saturated carbocycles. The fourth-order valence-corrected chi connectivity index (χ4v) is 1.06.